The summed E-state index contributed by atoms with van der Waals surface area (Å²) in [5, 5.41) is 7.00. The summed E-state index contributed by atoms with van der Waals surface area (Å²) < 4.78 is 15.3. The summed E-state index contributed by atoms with van der Waals surface area (Å²) in [6.07, 6.45) is 3.53. The fourth-order valence-electron chi connectivity index (χ4n) is 3.30. The number of benzene rings is 1. The normalized spacial score (nSPS) is 16.0. The molecule has 132 valence electrons. The Kier molecular flexibility index (Phi) is 4.67. The Bertz CT molecular complexity index is 856. The first-order valence-corrected chi connectivity index (χ1v) is 8.34. The molecule has 0 atom stereocenters. The molecule has 1 aliphatic carbocycles. The molecule has 0 radical (unpaired) electrons. The van der Waals surface area contributed by atoms with Gasteiger partial charge in [-0.2, -0.15) is 5.10 Å². The van der Waals surface area contributed by atoms with Crippen molar-refractivity contribution in [1.82, 2.24) is 15.1 Å². The molecular weight excluding hydrogens is 323 g/mol. The van der Waals surface area contributed by atoms with Crippen molar-refractivity contribution in [3.05, 3.63) is 57.8 Å². The number of halogens is 1. The third-order valence-corrected chi connectivity index (χ3v) is 4.73. The van der Waals surface area contributed by atoms with Crippen LogP contribution in [0.4, 0.5) is 4.39 Å². The Hall–Kier alpha value is -2.54. The number of nitrogens with zero attached hydrogens (tertiary/aromatic N) is 2. The van der Waals surface area contributed by atoms with Crippen LogP contribution in [0.15, 0.2) is 35.1 Å². The van der Waals surface area contributed by atoms with E-state index in [1.807, 2.05) is 0 Å². The highest BCUT2D eigenvalue weighted by Gasteiger charge is 2.35. The lowest BCUT2D eigenvalue weighted by molar-refractivity contribution is 0.0895. The topological polar surface area (TPSA) is 90.0 Å². The van der Waals surface area contributed by atoms with Gasteiger partial charge in [0.2, 0.25) is 5.43 Å². The first-order valence-electron chi connectivity index (χ1n) is 8.34. The number of aromatic nitrogens is 2. The molecular formula is C18H21FN4O2. The van der Waals surface area contributed by atoms with Crippen LogP contribution in [0.25, 0.3) is 5.69 Å². The van der Waals surface area contributed by atoms with Crippen molar-refractivity contribution >= 4 is 5.91 Å². The molecule has 1 aromatic carbocycles. The highest BCUT2D eigenvalue weighted by atomic mass is 19.1. The smallest absolute Gasteiger partial charge is 0.276 e. The number of carbonyl (C=O) groups excluding carboxylic acids is 1. The van der Waals surface area contributed by atoms with Gasteiger partial charge < -0.3 is 11.1 Å². The standard InChI is InChI=1S/C18H21FN4O2/c1-12-10-15(24)16(17(25)21-18(11-20)8-4-5-9-18)22-23(12)14-7-3-2-6-13(14)19/h2-3,6-7,10H,4-5,8-9,11,20H2,1H3,(H,21,25). The van der Waals surface area contributed by atoms with Gasteiger partial charge in [0.05, 0.1) is 5.54 Å². The molecule has 0 spiro atoms. The quantitative estimate of drug-likeness (QED) is 0.883. The van der Waals surface area contributed by atoms with E-state index >= 15 is 0 Å². The predicted molar refractivity (Wildman–Crippen MR) is 92.2 cm³/mol. The number of hydrogen-bond donors (Lipinski definition) is 2. The van der Waals surface area contributed by atoms with Crippen LogP contribution in [0.5, 0.6) is 0 Å². The molecule has 1 amide bonds. The van der Waals surface area contributed by atoms with Gasteiger partial charge in [-0.05, 0) is 31.9 Å². The molecule has 0 aliphatic heterocycles. The third kappa shape index (κ3) is 3.32. The van der Waals surface area contributed by atoms with E-state index < -0.39 is 22.7 Å². The molecule has 2 aromatic rings. The lowest BCUT2D eigenvalue weighted by Crippen LogP contribution is -2.52. The number of hydrogen-bond acceptors (Lipinski definition) is 4. The van der Waals surface area contributed by atoms with E-state index in [0.29, 0.717) is 12.2 Å². The van der Waals surface area contributed by atoms with Crippen LogP contribution in [0.2, 0.25) is 0 Å². The molecule has 0 unspecified atom stereocenters. The summed E-state index contributed by atoms with van der Waals surface area (Å²) in [6, 6.07) is 7.36. The highest BCUT2D eigenvalue weighted by molar-refractivity contribution is 5.92. The number of aryl methyl sites for hydroxylation is 1. The summed E-state index contributed by atoms with van der Waals surface area (Å²) in [4.78, 5) is 24.9. The Morgan fingerprint density at radius 2 is 2.04 bits per heavy atom. The summed E-state index contributed by atoms with van der Waals surface area (Å²) in [5.74, 6) is -1.05. The SMILES string of the molecule is Cc1cc(=O)c(C(=O)NC2(CN)CCCC2)nn1-c1ccccc1F. The maximum atomic E-state index is 14.1. The average Bonchev–Trinajstić information content (AvgIpc) is 3.05. The van der Waals surface area contributed by atoms with Gasteiger partial charge in [-0.25, -0.2) is 9.07 Å². The molecule has 7 heteroatoms. The van der Waals surface area contributed by atoms with Crippen molar-refractivity contribution in [2.75, 3.05) is 6.54 Å². The Balaban J connectivity index is 1.99. The largest absolute Gasteiger partial charge is 0.344 e. The van der Waals surface area contributed by atoms with Gasteiger partial charge in [-0.3, -0.25) is 9.59 Å². The predicted octanol–water partition coefficient (Wildman–Crippen LogP) is 1.68. The molecule has 25 heavy (non-hydrogen) atoms. The molecule has 1 aromatic heterocycles. The fourth-order valence-corrected chi connectivity index (χ4v) is 3.30. The number of rotatable bonds is 4. The van der Waals surface area contributed by atoms with E-state index in [0.717, 1.165) is 25.7 Å². The minimum atomic E-state index is -0.567. The molecule has 1 fully saturated rings. The van der Waals surface area contributed by atoms with Crippen molar-refractivity contribution in [2.45, 2.75) is 38.1 Å². The highest BCUT2D eigenvalue weighted by Crippen LogP contribution is 2.28. The van der Waals surface area contributed by atoms with E-state index in [1.54, 1.807) is 25.1 Å². The Morgan fingerprint density at radius 3 is 2.68 bits per heavy atom. The van der Waals surface area contributed by atoms with Gasteiger partial charge in [0.1, 0.15) is 11.5 Å². The summed E-state index contributed by atoms with van der Waals surface area (Å²) >= 11 is 0. The van der Waals surface area contributed by atoms with Crippen LogP contribution in [0.1, 0.15) is 41.9 Å². The van der Waals surface area contributed by atoms with Crippen LogP contribution in [0, 0.1) is 12.7 Å². The van der Waals surface area contributed by atoms with E-state index in [9.17, 15) is 14.0 Å². The minimum Gasteiger partial charge on any atom is -0.344 e. The molecule has 3 N–H and O–H groups in total. The fraction of sp³-hybridized carbons (Fsp3) is 0.389. The minimum absolute atomic E-state index is 0.184. The zero-order valence-electron chi connectivity index (χ0n) is 14.1. The second-order valence-electron chi connectivity index (χ2n) is 6.51. The first kappa shape index (κ1) is 17.3. The van der Waals surface area contributed by atoms with E-state index in [-0.39, 0.29) is 11.4 Å². The number of nitrogens with one attached hydrogen (secondary N) is 1. The second kappa shape index (κ2) is 6.76. The lowest BCUT2D eigenvalue weighted by Gasteiger charge is -2.28. The summed E-state index contributed by atoms with van der Waals surface area (Å²) in [7, 11) is 0. The van der Waals surface area contributed by atoms with Crippen molar-refractivity contribution in [3.63, 3.8) is 0 Å². The molecule has 1 saturated carbocycles. The van der Waals surface area contributed by atoms with E-state index in [4.69, 9.17) is 5.73 Å². The average molecular weight is 344 g/mol. The van der Waals surface area contributed by atoms with Crippen molar-refractivity contribution in [3.8, 4) is 5.69 Å². The zero-order chi connectivity index (χ0) is 18.0. The van der Waals surface area contributed by atoms with Gasteiger partial charge in [0, 0.05) is 18.3 Å². The van der Waals surface area contributed by atoms with Crippen molar-refractivity contribution < 1.29 is 9.18 Å². The lowest BCUT2D eigenvalue weighted by atomic mass is 9.97. The van der Waals surface area contributed by atoms with Gasteiger partial charge in [-0.1, -0.05) is 25.0 Å². The zero-order valence-corrected chi connectivity index (χ0v) is 14.1. The molecule has 1 heterocycles. The second-order valence-corrected chi connectivity index (χ2v) is 6.51. The maximum Gasteiger partial charge on any atom is 0.276 e. The van der Waals surface area contributed by atoms with Crippen LogP contribution in [-0.2, 0) is 0 Å². The number of para-hydroxylation sites is 1. The first-order chi connectivity index (χ1) is 12.0. The number of carbonyl (C=O) groups is 1. The van der Waals surface area contributed by atoms with Gasteiger partial charge >= 0.3 is 0 Å². The number of amides is 1. The summed E-state index contributed by atoms with van der Waals surface area (Å²) in [6.45, 7) is 1.95. The summed E-state index contributed by atoms with van der Waals surface area (Å²) in [5.41, 5.74) is 5.22. The Labute approximate surface area is 144 Å². The molecule has 0 bridgehead atoms. The third-order valence-electron chi connectivity index (χ3n) is 4.73. The monoisotopic (exact) mass is 344 g/mol. The molecule has 6 nitrogen and oxygen atoms in total. The number of nitrogens with two attached hydrogens (primary N) is 1. The van der Waals surface area contributed by atoms with Crippen LogP contribution >= 0.6 is 0 Å². The Morgan fingerprint density at radius 1 is 1.36 bits per heavy atom. The van der Waals surface area contributed by atoms with Crippen LogP contribution in [-0.4, -0.2) is 27.8 Å². The van der Waals surface area contributed by atoms with E-state index in [2.05, 4.69) is 10.4 Å². The van der Waals surface area contributed by atoms with Crippen molar-refractivity contribution in [2.24, 2.45) is 5.73 Å². The maximum absolute atomic E-state index is 14.1. The molecule has 1 aliphatic rings. The van der Waals surface area contributed by atoms with Gasteiger partial charge in [0.25, 0.3) is 5.91 Å². The molecule has 3 rings (SSSR count). The van der Waals surface area contributed by atoms with E-state index in [1.165, 1.54) is 16.8 Å². The van der Waals surface area contributed by atoms with Crippen molar-refractivity contribution in [1.29, 1.82) is 0 Å². The van der Waals surface area contributed by atoms with Gasteiger partial charge in [0.15, 0.2) is 5.69 Å². The van der Waals surface area contributed by atoms with Crippen LogP contribution in [0.3, 0.4) is 0 Å². The van der Waals surface area contributed by atoms with Crippen LogP contribution < -0.4 is 16.5 Å². The molecule has 0 saturated heterocycles. The van der Waals surface area contributed by atoms with Gasteiger partial charge in [-0.15, -0.1) is 0 Å².